The molecule has 0 saturated carbocycles. The summed E-state index contributed by atoms with van der Waals surface area (Å²) in [5, 5.41) is 7.46. The Hall–Kier alpha value is -2.05. The lowest BCUT2D eigenvalue weighted by Crippen LogP contribution is -2.39. The summed E-state index contributed by atoms with van der Waals surface area (Å²) in [6.07, 6.45) is 0.245. The highest BCUT2D eigenvalue weighted by Crippen LogP contribution is 2.30. The number of anilines is 1. The van der Waals surface area contributed by atoms with Gasteiger partial charge in [-0.15, -0.1) is 11.3 Å². The number of benzene rings is 1. The molecule has 1 atom stereocenters. The van der Waals surface area contributed by atoms with E-state index in [1.165, 1.54) is 11.3 Å². The lowest BCUT2D eigenvalue weighted by molar-refractivity contribution is -0.121. The van der Waals surface area contributed by atoms with Gasteiger partial charge in [-0.25, -0.2) is 4.79 Å². The van der Waals surface area contributed by atoms with Crippen LogP contribution in [-0.4, -0.2) is 29.9 Å². The molecule has 1 unspecified atom stereocenters. The highest BCUT2D eigenvalue weighted by Gasteiger charge is 2.30. The van der Waals surface area contributed by atoms with E-state index in [0.717, 1.165) is 5.56 Å². The van der Waals surface area contributed by atoms with Crippen LogP contribution in [0, 0.1) is 0 Å². The first-order chi connectivity index (χ1) is 11.1. The van der Waals surface area contributed by atoms with Crippen molar-refractivity contribution in [2.45, 2.75) is 12.5 Å². The molecule has 2 N–H and O–H groups in total. The molecule has 3 amide bonds. The summed E-state index contributed by atoms with van der Waals surface area (Å²) in [7, 11) is 0. The summed E-state index contributed by atoms with van der Waals surface area (Å²) in [5.74, 6) is -0.0530. The van der Waals surface area contributed by atoms with E-state index in [1.807, 2.05) is 35.7 Å². The summed E-state index contributed by atoms with van der Waals surface area (Å²) < 4.78 is 0.540. The molecule has 2 heterocycles. The predicted octanol–water partition coefficient (Wildman–Crippen LogP) is 3.50. The fourth-order valence-corrected chi connectivity index (χ4v) is 3.45. The van der Waals surface area contributed by atoms with Crippen LogP contribution in [0.4, 0.5) is 10.5 Å². The average molecular weight is 350 g/mol. The van der Waals surface area contributed by atoms with Crippen LogP contribution in [0.15, 0.2) is 41.8 Å². The van der Waals surface area contributed by atoms with Crippen molar-refractivity contribution in [1.29, 1.82) is 0 Å². The third-order valence-electron chi connectivity index (χ3n) is 3.73. The Morgan fingerprint density at radius 3 is 2.78 bits per heavy atom. The molecule has 0 spiro atoms. The standard InChI is InChI=1S/C16H16ClN3O2S/c17-15-12(6-9-23-15)19-16(22)20-8-7-18-14(21)10-13(20)11-4-2-1-3-5-11/h1-6,9,13H,7-8,10H2,(H,18,21)(H,19,22). The van der Waals surface area contributed by atoms with Crippen LogP contribution in [0.3, 0.4) is 0 Å². The molecule has 0 radical (unpaired) electrons. The number of halogens is 1. The molecular weight excluding hydrogens is 334 g/mol. The summed E-state index contributed by atoms with van der Waals surface area (Å²) in [5.41, 5.74) is 1.54. The summed E-state index contributed by atoms with van der Waals surface area (Å²) in [6.45, 7) is 0.881. The number of hydrogen-bond acceptors (Lipinski definition) is 3. The van der Waals surface area contributed by atoms with Crippen LogP contribution in [0.1, 0.15) is 18.0 Å². The van der Waals surface area contributed by atoms with Crippen LogP contribution >= 0.6 is 22.9 Å². The van der Waals surface area contributed by atoms with Crippen LogP contribution < -0.4 is 10.6 Å². The van der Waals surface area contributed by atoms with E-state index in [9.17, 15) is 9.59 Å². The second kappa shape index (κ2) is 7.02. The number of carbonyl (C=O) groups is 2. The molecular formula is C16H16ClN3O2S. The quantitative estimate of drug-likeness (QED) is 0.871. The van der Waals surface area contributed by atoms with Crippen LogP contribution in [-0.2, 0) is 4.79 Å². The van der Waals surface area contributed by atoms with Crippen molar-refractivity contribution in [3.8, 4) is 0 Å². The Kier molecular flexibility index (Phi) is 4.83. The fraction of sp³-hybridized carbons (Fsp3) is 0.250. The Labute approximate surface area is 143 Å². The first-order valence-electron chi connectivity index (χ1n) is 7.27. The van der Waals surface area contributed by atoms with Gasteiger partial charge in [0.15, 0.2) is 0 Å². The first kappa shape index (κ1) is 15.8. The average Bonchev–Trinajstić information content (AvgIpc) is 2.84. The number of nitrogens with one attached hydrogen (secondary N) is 2. The molecule has 0 bridgehead atoms. The molecule has 0 aliphatic carbocycles. The SMILES string of the molecule is O=C1CC(c2ccccc2)N(C(=O)Nc2ccsc2Cl)CCN1. The largest absolute Gasteiger partial charge is 0.354 e. The molecule has 23 heavy (non-hydrogen) atoms. The number of urea groups is 1. The minimum absolute atomic E-state index is 0.0530. The van der Waals surface area contributed by atoms with Crippen molar-refractivity contribution in [2.24, 2.45) is 0 Å². The van der Waals surface area contributed by atoms with Crippen LogP contribution in [0.2, 0.25) is 4.34 Å². The maximum absolute atomic E-state index is 12.7. The number of carbonyl (C=O) groups excluding carboxylic acids is 2. The van der Waals surface area contributed by atoms with Gasteiger partial charge in [0.1, 0.15) is 4.34 Å². The molecule has 2 aromatic rings. The van der Waals surface area contributed by atoms with Gasteiger partial charge in [0.05, 0.1) is 18.2 Å². The third-order valence-corrected chi connectivity index (χ3v) is 4.90. The second-order valence-electron chi connectivity index (χ2n) is 5.21. The maximum atomic E-state index is 12.7. The minimum atomic E-state index is -0.295. The zero-order valence-corrected chi connectivity index (χ0v) is 13.9. The summed E-state index contributed by atoms with van der Waals surface area (Å²) >= 11 is 7.41. The van der Waals surface area contributed by atoms with E-state index in [4.69, 9.17) is 11.6 Å². The highest BCUT2D eigenvalue weighted by molar-refractivity contribution is 7.15. The van der Waals surface area contributed by atoms with Gasteiger partial charge in [-0.1, -0.05) is 41.9 Å². The number of amides is 3. The molecule has 1 aromatic carbocycles. The fourth-order valence-electron chi connectivity index (χ4n) is 2.61. The molecule has 1 aliphatic rings. The smallest absolute Gasteiger partial charge is 0.322 e. The summed E-state index contributed by atoms with van der Waals surface area (Å²) in [6, 6.07) is 10.8. The van der Waals surface area contributed by atoms with Crippen molar-refractivity contribution in [3.05, 3.63) is 51.7 Å². The maximum Gasteiger partial charge on any atom is 0.322 e. The van der Waals surface area contributed by atoms with Crippen molar-refractivity contribution < 1.29 is 9.59 Å². The predicted molar refractivity (Wildman–Crippen MR) is 91.9 cm³/mol. The van der Waals surface area contributed by atoms with Crippen molar-refractivity contribution in [3.63, 3.8) is 0 Å². The normalized spacial score (nSPS) is 18.2. The van der Waals surface area contributed by atoms with Crippen LogP contribution in [0.5, 0.6) is 0 Å². The monoisotopic (exact) mass is 349 g/mol. The van der Waals surface area contributed by atoms with E-state index in [-0.39, 0.29) is 24.4 Å². The lowest BCUT2D eigenvalue weighted by atomic mass is 10.0. The lowest BCUT2D eigenvalue weighted by Gasteiger charge is -2.29. The number of thiophene rings is 1. The zero-order chi connectivity index (χ0) is 16.2. The van der Waals surface area contributed by atoms with Gasteiger partial charge < -0.3 is 15.5 Å². The Bertz CT molecular complexity index is 704. The molecule has 1 aromatic heterocycles. The Morgan fingerprint density at radius 1 is 1.30 bits per heavy atom. The van der Waals surface area contributed by atoms with Crippen LogP contribution in [0.25, 0.3) is 0 Å². The summed E-state index contributed by atoms with van der Waals surface area (Å²) in [4.78, 5) is 26.3. The number of rotatable bonds is 2. The molecule has 120 valence electrons. The van der Waals surface area contributed by atoms with Gasteiger partial charge in [0.25, 0.3) is 0 Å². The van der Waals surface area contributed by atoms with E-state index >= 15 is 0 Å². The molecule has 1 saturated heterocycles. The van der Waals surface area contributed by atoms with Crippen molar-refractivity contribution in [2.75, 3.05) is 18.4 Å². The molecule has 3 rings (SSSR count). The van der Waals surface area contributed by atoms with Gasteiger partial charge in [-0.2, -0.15) is 0 Å². The molecule has 1 aliphatic heterocycles. The number of nitrogens with zero attached hydrogens (tertiary/aromatic N) is 1. The molecule has 7 heteroatoms. The Morgan fingerprint density at radius 2 is 2.09 bits per heavy atom. The highest BCUT2D eigenvalue weighted by atomic mass is 35.5. The van der Waals surface area contributed by atoms with Gasteiger partial charge >= 0.3 is 6.03 Å². The van der Waals surface area contributed by atoms with E-state index < -0.39 is 0 Å². The second-order valence-corrected chi connectivity index (χ2v) is 6.73. The van der Waals surface area contributed by atoms with E-state index in [1.54, 1.807) is 11.0 Å². The van der Waals surface area contributed by atoms with E-state index in [2.05, 4.69) is 10.6 Å². The topological polar surface area (TPSA) is 61.4 Å². The molecule has 1 fully saturated rings. The van der Waals surface area contributed by atoms with Crippen molar-refractivity contribution in [1.82, 2.24) is 10.2 Å². The van der Waals surface area contributed by atoms with Gasteiger partial charge in [0.2, 0.25) is 5.91 Å². The Balaban J connectivity index is 1.85. The molecule has 5 nitrogen and oxygen atoms in total. The third kappa shape index (κ3) is 3.65. The van der Waals surface area contributed by atoms with Crippen molar-refractivity contribution >= 4 is 40.6 Å². The van der Waals surface area contributed by atoms with Gasteiger partial charge in [-0.05, 0) is 17.0 Å². The number of hydrogen-bond donors (Lipinski definition) is 2. The zero-order valence-electron chi connectivity index (χ0n) is 12.3. The first-order valence-corrected chi connectivity index (χ1v) is 8.53. The minimum Gasteiger partial charge on any atom is -0.354 e. The van der Waals surface area contributed by atoms with E-state index in [0.29, 0.717) is 23.1 Å². The van der Waals surface area contributed by atoms with Gasteiger partial charge in [-0.3, -0.25) is 4.79 Å². The van der Waals surface area contributed by atoms with Gasteiger partial charge in [0, 0.05) is 13.1 Å².